The van der Waals surface area contributed by atoms with Crippen LogP contribution < -0.4 is 0 Å². The molecular weight excluding hydrogens is 454 g/mol. The summed E-state index contributed by atoms with van der Waals surface area (Å²) < 4.78 is 32.4. The average molecular weight is 474 g/mol. The van der Waals surface area contributed by atoms with Crippen LogP contribution in [0.15, 0.2) is 119 Å². The van der Waals surface area contributed by atoms with Gasteiger partial charge in [0.15, 0.2) is 6.10 Å². The minimum Gasteiger partial charge on any atom is -0.449 e. The SMILES string of the molecule is O=C(OC(c1ccccc1)c1ccccc1)c1ccccc1S(=O)(=O)c1ccc([N+](=O)[O-])cc1. The number of hydrogen-bond acceptors (Lipinski definition) is 6. The molecule has 8 heteroatoms. The van der Waals surface area contributed by atoms with E-state index in [4.69, 9.17) is 4.74 Å². The Bertz CT molecular complexity index is 1380. The van der Waals surface area contributed by atoms with E-state index in [1.54, 1.807) is 6.07 Å². The molecule has 0 saturated carbocycles. The minimum atomic E-state index is -4.15. The molecule has 4 aromatic rings. The molecule has 170 valence electrons. The highest BCUT2D eigenvalue weighted by molar-refractivity contribution is 7.91. The lowest BCUT2D eigenvalue weighted by atomic mass is 10.0. The van der Waals surface area contributed by atoms with Gasteiger partial charge in [0.25, 0.3) is 5.69 Å². The van der Waals surface area contributed by atoms with Gasteiger partial charge < -0.3 is 4.74 Å². The highest BCUT2D eigenvalue weighted by Crippen LogP contribution is 2.30. The first-order valence-electron chi connectivity index (χ1n) is 10.3. The maximum absolute atomic E-state index is 13.3. The first-order chi connectivity index (χ1) is 16.4. The Labute approximate surface area is 196 Å². The molecule has 0 aromatic heterocycles. The van der Waals surface area contributed by atoms with E-state index in [1.165, 1.54) is 18.2 Å². The van der Waals surface area contributed by atoms with Gasteiger partial charge in [-0.15, -0.1) is 0 Å². The van der Waals surface area contributed by atoms with Crippen LogP contribution in [0.25, 0.3) is 0 Å². The van der Waals surface area contributed by atoms with Crippen LogP contribution in [-0.2, 0) is 14.6 Å². The molecule has 0 heterocycles. The Balaban J connectivity index is 1.71. The molecule has 4 aromatic carbocycles. The molecule has 0 bridgehead atoms. The van der Waals surface area contributed by atoms with Crippen LogP contribution in [0.2, 0.25) is 0 Å². The van der Waals surface area contributed by atoms with E-state index in [2.05, 4.69) is 0 Å². The second-order valence-corrected chi connectivity index (χ2v) is 9.28. The summed E-state index contributed by atoms with van der Waals surface area (Å²) in [5.74, 6) is -0.807. The van der Waals surface area contributed by atoms with E-state index in [0.717, 1.165) is 35.4 Å². The molecule has 0 fully saturated rings. The molecule has 0 spiro atoms. The van der Waals surface area contributed by atoms with Crippen molar-refractivity contribution in [1.29, 1.82) is 0 Å². The molecule has 0 unspecified atom stereocenters. The second-order valence-electron chi connectivity index (χ2n) is 7.36. The predicted octanol–water partition coefficient (Wildman–Crippen LogP) is 5.37. The maximum Gasteiger partial charge on any atom is 0.340 e. The summed E-state index contributed by atoms with van der Waals surface area (Å²) in [6.07, 6.45) is -0.745. The summed E-state index contributed by atoms with van der Waals surface area (Å²) in [5, 5.41) is 10.9. The molecule has 7 nitrogen and oxygen atoms in total. The van der Waals surface area contributed by atoms with Crippen molar-refractivity contribution in [2.24, 2.45) is 0 Å². The summed E-state index contributed by atoms with van der Waals surface area (Å²) in [7, 11) is -4.15. The van der Waals surface area contributed by atoms with Gasteiger partial charge in [0.1, 0.15) is 0 Å². The van der Waals surface area contributed by atoms with Crippen molar-refractivity contribution in [2.45, 2.75) is 15.9 Å². The molecule has 34 heavy (non-hydrogen) atoms. The Morgan fingerprint density at radius 3 is 1.76 bits per heavy atom. The fourth-order valence-corrected chi connectivity index (χ4v) is 4.95. The van der Waals surface area contributed by atoms with E-state index in [-0.39, 0.29) is 21.0 Å². The van der Waals surface area contributed by atoms with Crippen molar-refractivity contribution in [3.8, 4) is 0 Å². The summed E-state index contributed by atoms with van der Waals surface area (Å²) >= 11 is 0. The van der Waals surface area contributed by atoms with Gasteiger partial charge in [-0.05, 0) is 35.4 Å². The summed E-state index contributed by atoms with van der Waals surface area (Å²) in [6.45, 7) is 0. The highest BCUT2D eigenvalue weighted by atomic mass is 32.2. The van der Waals surface area contributed by atoms with Crippen LogP contribution in [0.1, 0.15) is 27.6 Å². The lowest BCUT2D eigenvalue weighted by Crippen LogP contribution is -2.16. The van der Waals surface area contributed by atoms with Gasteiger partial charge in [0.05, 0.1) is 20.3 Å². The Morgan fingerprint density at radius 1 is 0.735 bits per heavy atom. The van der Waals surface area contributed by atoms with Crippen LogP contribution in [0.3, 0.4) is 0 Å². The van der Waals surface area contributed by atoms with Crippen molar-refractivity contribution < 1.29 is 22.9 Å². The van der Waals surface area contributed by atoms with Crippen molar-refractivity contribution in [3.05, 3.63) is 136 Å². The number of ether oxygens (including phenoxy) is 1. The summed E-state index contributed by atoms with van der Waals surface area (Å²) in [6, 6.07) is 28.5. The zero-order valence-corrected chi connectivity index (χ0v) is 18.6. The van der Waals surface area contributed by atoms with Crippen molar-refractivity contribution >= 4 is 21.5 Å². The number of carbonyl (C=O) groups excluding carboxylic acids is 1. The number of non-ortho nitro benzene ring substituents is 1. The number of rotatable bonds is 7. The van der Waals surface area contributed by atoms with Gasteiger partial charge in [-0.1, -0.05) is 72.8 Å². The number of nitro groups is 1. The van der Waals surface area contributed by atoms with Gasteiger partial charge >= 0.3 is 5.97 Å². The minimum absolute atomic E-state index is 0.127. The quantitative estimate of drug-likeness (QED) is 0.203. The maximum atomic E-state index is 13.3. The summed E-state index contributed by atoms with van der Waals surface area (Å²) in [5.41, 5.74) is 1.11. The number of nitro benzene ring substituents is 1. The number of nitrogens with zero attached hydrogens (tertiary/aromatic N) is 1. The van der Waals surface area contributed by atoms with Crippen molar-refractivity contribution in [2.75, 3.05) is 0 Å². The molecule has 0 amide bonds. The average Bonchev–Trinajstić information content (AvgIpc) is 2.88. The second kappa shape index (κ2) is 9.68. The van der Waals surface area contributed by atoms with E-state index in [1.807, 2.05) is 60.7 Å². The standard InChI is InChI=1S/C26H19NO6S/c28-26(33-25(19-9-3-1-4-10-19)20-11-5-2-6-12-20)23-13-7-8-14-24(23)34(31,32)22-17-15-21(16-18-22)27(29)30/h1-18,25H. The highest BCUT2D eigenvalue weighted by Gasteiger charge is 2.28. The molecule has 4 rings (SSSR count). The molecule has 0 radical (unpaired) electrons. The number of sulfone groups is 1. The lowest BCUT2D eigenvalue weighted by Gasteiger charge is -2.20. The molecular formula is C26H19NO6S. The number of benzene rings is 4. The number of hydrogen-bond donors (Lipinski definition) is 0. The van der Waals surface area contributed by atoms with Gasteiger partial charge in [-0.3, -0.25) is 10.1 Å². The lowest BCUT2D eigenvalue weighted by molar-refractivity contribution is -0.384. The van der Waals surface area contributed by atoms with Crippen LogP contribution >= 0.6 is 0 Å². The van der Waals surface area contributed by atoms with Crippen LogP contribution in [-0.4, -0.2) is 19.3 Å². The Kier molecular flexibility index (Phi) is 6.51. The number of carbonyl (C=O) groups is 1. The Hall–Kier alpha value is -4.30. The van der Waals surface area contributed by atoms with Crippen molar-refractivity contribution in [3.63, 3.8) is 0 Å². The third-order valence-electron chi connectivity index (χ3n) is 5.18. The van der Waals surface area contributed by atoms with Gasteiger partial charge in [0, 0.05) is 12.1 Å². The summed E-state index contributed by atoms with van der Waals surface area (Å²) in [4.78, 5) is 23.2. The third-order valence-corrected chi connectivity index (χ3v) is 7.01. The monoisotopic (exact) mass is 473 g/mol. The van der Waals surface area contributed by atoms with E-state index >= 15 is 0 Å². The topological polar surface area (TPSA) is 104 Å². The third kappa shape index (κ3) is 4.72. The normalized spacial score (nSPS) is 11.2. The van der Waals surface area contributed by atoms with E-state index in [0.29, 0.717) is 0 Å². The zero-order chi connectivity index (χ0) is 24.1. The Morgan fingerprint density at radius 2 is 1.24 bits per heavy atom. The fraction of sp³-hybridized carbons (Fsp3) is 0.0385. The van der Waals surface area contributed by atoms with Crippen molar-refractivity contribution in [1.82, 2.24) is 0 Å². The molecule has 0 aliphatic rings. The fourth-order valence-electron chi connectivity index (χ4n) is 3.50. The van der Waals surface area contributed by atoms with Crippen LogP contribution in [0, 0.1) is 10.1 Å². The molecule has 0 atom stereocenters. The molecule has 0 aliphatic heterocycles. The number of esters is 1. The van der Waals surface area contributed by atoms with E-state index < -0.39 is 26.8 Å². The van der Waals surface area contributed by atoms with Gasteiger partial charge in [-0.2, -0.15) is 0 Å². The van der Waals surface area contributed by atoms with Gasteiger partial charge in [0.2, 0.25) is 9.84 Å². The molecule has 0 aliphatic carbocycles. The largest absolute Gasteiger partial charge is 0.449 e. The first-order valence-corrected chi connectivity index (χ1v) is 11.8. The van der Waals surface area contributed by atoms with Crippen LogP contribution in [0.5, 0.6) is 0 Å². The molecule has 0 saturated heterocycles. The van der Waals surface area contributed by atoms with Gasteiger partial charge in [-0.25, -0.2) is 13.2 Å². The smallest absolute Gasteiger partial charge is 0.340 e. The zero-order valence-electron chi connectivity index (χ0n) is 17.8. The molecule has 0 N–H and O–H groups in total. The predicted molar refractivity (Wildman–Crippen MR) is 125 cm³/mol. The van der Waals surface area contributed by atoms with E-state index in [9.17, 15) is 23.3 Å². The van der Waals surface area contributed by atoms with Crippen LogP contribution in [0.4, 0.5) is 5.69 Å². The first kappa shape index (κ1) is 22.9.